The SMILES string of the molecule is COc1cc(F)c([C@@H]2CN(c3nc(N4C[C@H]5C[C@@H]4CN5C)ccc3F)C(=O)[C@H]2NC(=O)c2ccc(OC(C)F)cc2)c(I)c1. The lowest BCUT2D eigenvalue weighted by Crippen LogP contribution is -2.45. The minimum absolute atomic E-state index is 0.119. The van der Waals surface area contributed by atoms with Crippen molar-refractivity contribution in [1.29, 1.82) is 0 Å². The minimum atomic E-state index is -1.53. The number of aromatic nitrogens is 1. The summed E-state index contributed by atoms with van der Waals surface area (Å²) in [5.74, 6) is -2.50. The number of ether oxygens (including phenoxy) is 2. The van der Waals surface area contributed by atoms with E-state index in [1.54, 1.807) is 12.1 Å². The van der Waals surface area contributed by atoms with Crippen LogP contribution in [0.3, 0.4) is 0 Å². The number of pyridine rings is 1. The quantitative estimate of drug-likeness (QED) is 0.344. The van der Waals surface area contributed by atoms with Gasteiger partial charge in [-0.1, -0.05) is 0 Å². The average Bonchev–Trinajstić information content (AvgIpc) is 3.66. The lowest BCUT2D eigenvalue weighted by Gasteiger charge is -2.33. The molecule has 0 saturated carbocycles. The molecule has 9 nitrogen and oxygen atoms in total. The zero-order chi connectivity index (χ0) is 31.3. The zero-order valence-corrected chi connectivity index (χ0v) is 26.4. The normalized spacial score (nSPS) is 23.8. The molecule has 6 rings (SSSR count). The van der Waals surface area contributed by atoms with Gasteiger partial charge in [0.15, 0.2) is 11.6 Å². The number of hydrogen-bond acceptors (Lipinski definition) is 7. The van der Waals surface area contributed by atoms with E-state index >= 15 is 8.78 Å². The highest BCUT2D eigenvalue weighted by Gasteiger charge is 2.47. The third kappa shape index (κ3) is 5.67. The first-order valence-electron chi connectivity index (χ1n) is 14.2. The second-order valence-corrected chi connectivity index (χ2v) is 12.5. The second-order valence-electron chi connectivity index (χ2n) is 11.3. The number of carbonyl (C=O) groups excluding carboxylic acids is 2. The van der Waals surface area contributed by atoms with Crippen molar-refractivity contribution in [3.8, 4) is 11.5 Å². The second kappa shape index (κ2) is 12.1. The predicted molar refractivity (Wildman–Crippen MR) is 166 cm³/mol. The van der Waals surface area contributed by atoms with E-state index in [4.69, 9.17) is 9.47 Å². The van der Waals surface area contributed by atoms with Gasteiger partial charge in [0.2, 0.25) is 6.36 Å². The molecule has 3 fully saturated rings. The Morgan fingerprint density at radius 3 is 2.41 bits per heavy atom. The molecule has 2 bridgehead atoms. The molecule has 0 aliphatic carbocycles. The predicted octanol–water partition coefficient (Wildman–Crippen LogP) is 4.49. The van der Waals surface area contributed by atoms with Gasteiger partial charge in [-0.25, -0.2) is 18.2 Å². The number of piperazine rings is 1. The highest BCUT2D eigenvalue weighted by molar-refractivity contribution is 14.1. The molecule has 5 atom stereocenters. The topological polar surface area (TPSA) is 87.2 Å². The van der Waals surface area contributed by atoms with Gasteiger partial charge in [0, 0.05) is 65.3 Å². The number of hydrogen-bond donors (Lipinski definition) is 1. The molecule has 3 saturated heterocycles. The Bertz CT molecular complexity index is 1570. The van der Waals surface area contributed by atoms with Crippen molar-refractivity contribution in [2.75, 3.05) is 43.6 Å². The Labute approximate surface area is 266 Å². The van der Waals surface area contributed by atoms with Crippen LogP contribution in [0.5, 0.6) is 11.5 Å². The van der Waals surface area contributed by atoms with Gasteiger partial charge in [-0.15, -0.1) is 0 Å². The van der Waals surface area contributed by atoms with Crippen LogP contribution >= 0.6 is 22.6 Å². The van der Waals surface area contributed by atoms with Crippen molar-refractivity contribution in [2.24, 2.45) is 0 Å². The molecule has 3 aliphatic heterocycles. The fourth-order valence-electron chi connectivity index (χ4n) is 6.39. The summed E-state index contributed by atoms with van der Waals surface area (Å²) in [5.41, 5.74) is 0.379. The van der Waals surface area contributed by atoms with E-state index in [0.717, 1.165) is 19.5 Å². The van der Waals surface area contributed by atoms with Crippen LogP contribution in [0.1, 0.15) is 35.2 Å². The van der Waals surface area contributed by atoms with E-state index in [1.807, 2.05) is 22.6 Å². The monoisotopic (exact) mass is 721 g/mol. The highest BCUT2D eigenvalue weighted by Crippen LogP contribution is 2.39. The van der Waals surface area contributed by atoms with Crippen LogP contribution in [-0.4, -0.2) is 80.0 Å². The first kappa shape index (κ1) is 30.4. The van der Waals surface area contributed by atoms with E-state index < -0.39 is 41.8 Å². The number of methoxy groups -OCH3 is 1. The van der Waals surface area contributed by atoms with Crippen LogP contribution in [0.15, 0.2) is 48.5 Å². The fourth-order valence-corrected chi connectivity index (χ4v) is 7.35. The number of nitrogens with one attached hydrogen (secondary N) is 1. The summed E-state index contributed by atoms with van der Waals surface area (Å²) in [7, 11) is 3.50. The number of likely N-dealkylation sites (tertiary alicyclic amines) is 1. The molecule has 4 heterocycles. The Morgan fingerprint density at radius 2 is 1.80 bits per heavy atom. The first-order valence-corrected chi connectivity index (χ1v) is 15.3. The molecule has 232 valence electrons. The minimum Gasteiger partial charge on any atom is -0.497 e. The van der Waals surface area contributed by atoms with Gasteiger partial charge in [-0.05, 0) is 78.5 Å². The van der Waals surface area contributed by atoms with Crippen molar-refractivity contribution in [1.82, 2.24) is 15.2 Å². The molecule has 13 heteroatoms. The lowest BCUT2D eigenvalue weighted by atomic mass is 9.93. The molecule has 3 aliphatic rings. The van der Waals surface area contributed by atoms with E-state index in [-0.39, 0.29) is 35.3 Å². The largest absolute Gasteiger partial charge is 0.497 e. The number of halogens is 4. The first-order chi connectivity index (χ1) is 21.0. The van der Waals surface area contributed by atoms with E-state index in [2.05, 4.69) is 27.1 Å². The Kier molecular flexibility index (Phi) is 8.35. The van der Waals surface area contributed by atoms with Gasteiger partial charge < -0.3 is 19.7 Å². The number of likely N-dealkylation sites (N-methyl/N-ethyl adjacent to an activating group) is 1. The lowest BCUT2D eigenvalue weighted by molar-refractivity contribution is -0.118. The number of rotatable bonds is 8. The van der Waals surface area contributed by atoms with Crippen molar-refractivity contribution >= 4 is 46.0 Å². The van der Waals surface area contributed by atoms with Gasteiger partial charge in [0.1, 0.15) is 29.2 Å². The number of benzene rings is 2. The van der Waals surface area contributed by atoms with E-state index in [0.29, 0.717) is 21.2 Å². The molecule has 1 unspecified atom stereocenters. The van der Waals surface area contributed by atoms with Gasteiger partial charge in [0.05, 0.1) is 7.11 Å². The van der Waals surface area contributed by atoms with Crippen LogP contribution in [-0.2, 0) is 4.79 Å². The number of nitrogens with zero attached hydrogens (tertiary/aromatic N) is 4. The van der Waals surface area contributed by atoms with Crippen molar-refractivity contribution in [3.05, 3.63) is 74.9 Å². The summed E-state index contributed by atoms with van der Waals surface area (Å²) in [6, 6.07) is 10.9. The van der Waals surface area contributed by atoms with Crippen LogP contribution < -0.4 is 24.6 Å². The van der Waals surface area contributed by atoms with Gasteiger partial charge in [-0.2, -0.15) is 0 Å². The van der Waals surface area contributed by atoms with Crippen molar-refractivity contribution in [3.63, 3.8) is 0 Å². The Hall–Kier alpha value is -3.59. The maximum absolute atomic E-state index is 15.6. The molecule has 1 N–H and O–H groups in total. The number of amides is 2. The number of alkyl halides is 1. The molecule has 44 heavy (non-hydrogen) atoms. The molecular weight excluding hydrogens is 690 g/mol. The third-order valence-corrected chi connectivity index (χ3v) is 9.44. The third-order valence-electron chi connectivity index (χ3n) is 8.55. The number of anilines is 2. The molecule has 1 aromatic heterocycles. The van der Waals surface area contributed by atoms with Gasteiger partial charge >= 0.3 is 0 Å². The number of carbonyl (C=O) groups is 2. The smallest absolute Gasteiger partial charge is 0.251 e. The maximum Gasteiger partial charge on any atom is 0.251 e. The van der Waals surface area contributed by atoms with Gasteiger partial charge in [-0.3, -0.25) is 19.4 Å². The Balaban J connectivity index is 1.33. The van der Waals surface area contributed by atoms with E-state index in [9.17, 15) is 14.0 Å². The molecule has 2 aromatic carbocycles. The fraction of sp³-hybridized carbons (Fsp3) is 0.387. The number of fused-ring (bicyclic) bond motifs is 2. The average molecular weight is 722 g/mol. The van der Waals surface area contributed by atoms with Crippen LogP contribution in [0, 0.1) is 15.2 Å². The van der Waals surface area contributed by atoms with Gasteiger partial charge in [0.25, 0.3) is 11.8 Å². The Morgan fingerprint density at radius 1 is 1.05 bits per heavy atom. The summed E-state index contributed by atoms with van der Waals surface area (Å²) in [4.78, 5) is 37.6. The summed E-state index contributed by atoms with van der Waals surface area (Å²) < 4.78 is 54.9. The molecule has 3 aromatic rings. The van der Waals surface area contributed by atoms with Crippen molar-refractivity contribution < 1.29 is 32.2 Å². The summed E-state index contributed by atoms with van der Waals surface area (Å²) >= 11 is 1.96. The summed E-state index contributed by atoms with van der Waals surface area (Å²) in [6.07, 6.45) is -0.549. The zero-order valence-electron chi connectivity index (χ0n) is 24.3. The molecule has 0 spiro atoms. The summed E-state index contributed by atoms with van der Waals surface area (Å²) in [6.45, 7) is 2.73. The molecule has 0 radical (unpaired) electrons. The standard InChI is InChI=1S/C31H31F3IN5O4/c1-16(32)44-20-6-4-17(5-7-20)30(41)37-28-22(27-24(34)11-21(43-3)12-25(27)35)15-40(31(28)42)29-23(33)8-9-26(36-29)39-14-18-10-19(39)13-38(18)2/h4-9,11-12,16,18-19,22,28H,10,13-15H2,1-3H3,(H,37,41)/t16?,18-,19-,22+,28+/m1/s1. The molecular formula is C31H31F3IN5O4. The molecule has 2 amide bonds. The van der Waals surface area contributed by atoms with Crippen molar-refractivity contribution in [2.45, 2.75) is 43.7 Å². The van der Waals surface area contributed by atoms with Crippen LogP contribution in [0.25, 0.3) is 0 Å². The maximum atomic E-state index is 15.6. The highest BCUT2D eigenvalue weighted by atomic mass is 127. The van der Waals surface area contributed by atoms with Crippen LogP contribution in [0.4, 0.5) is 24.8 Å². The van der Waals surface area contributed by atoms with E-state index in [1.165, 1.54) is 55.3 Å². The van der Waals surface area contributed by atoms with Crippen LogP contribution in [0.2, 0.25) is 0 Å². The summed E-state index contributed by atoms with van der Waals surface area (Å²) in [5, 5.41) is 2.74.